The lowest BCUT2D eigenvalue weighted by molar-refractivity contribution is 0.0636. The summed E-state index contributed by atoms with van der Waals surface area (Å²) in [5, 5.41) is 6.16. The van der Waals surface area contributed by atoms with Gasteiger partial charge in [0, 0.05) is 18.4 Å². The molecule has 0 saturated carbocycles. The van der Waals surface area contributed by atoms with E-state index >= 15 is 0 Å². The molecule has 1 aromatic carbocycles. The molecule has 1 heterocycles. The van der Waals surface area contributed by atoms with Crippen LogP contribution in [0.2, 0.25) is 0 Å². The average molecular weight is 315 g/mol. The predicted molar refractivity (Wildman–Crippen MR) is 93.7 cm³/mol. The Morgan fingerprint density at radius 2 is 1.83 bits per heavy atom. The maximum atomic E-state index is 11.9. The van der Waals surface area contributed by atoms with Crippen molar-refractivity contribution >= 4 is 17.5 Å². The van der Waals surface area contributed by atoms with Gasteiger partial charge in [-0.25, -0.2) is 4.79 Å². The second-order valence-corrected chi connectivity index (χ2v) is 6.31. The molecule has 0 fully saturated rings. The van der Waals surface area contributed by atoms with Crippen molar-refractivity contribution < 1.29 is 9.53 Å². The van der Waals surface area contributed by atoms with Crippen molar-refractivity contribution in [1.29, 1.82) is 0 Å². The molecule has 0 bridgehead atoms. The summed E-state index contributed by atoms with van der Waals surface area (Å²) >= 11 is 0. The number of hydrogen-bond donors (Lipinski definition) is 2. The lowest BCUT2D eigenvalue weighted by atomic mass is 10.2. The number of nitrogens with one attached hydrogen (secondary N) is 2. The van der Waals surface area contributed by atoms with Gasteiger partial charge in [-0.2, -0.15) is 0 Å². The molecule has 1 amide bonds. The molecule has 23 heavy (non-hydrogen) atoms. The van der Waals surface area contributed by atoms with Crippen molar-refractivity contribution in [2.45, 2.75) is 46.4 Å². The highest BCUT2D eigenvalue weighted by Gasteiger charge is 2.17. The van der Waals surface area contributed by atoms with Crippen molar-refractivity contribution in [3.8, 4) is 0 Å². The van der Waals surface area contributed by atoms with Crippen LogP contribution in [0, 0.1) is 0 Å². The highest BCUT2D eigenvalue weighted by Crippen LogP contribution is 2.22. The number of carbonyl (C=O) groups excluding carboxylic acids is 1. The van der Waals surface area contributed by atoms with Gasteiger partial charge in [-0.15, -0.1) is 0 Å². The van der Waals surface area contributed by atoms with Crippen LogP contribution in [0.4, 0.5) is 16.2 Å². The standard InChI is InChI=1S/C18H25N3O2/c1-5-21-12-8-9-14(21)13-19-15-10-6-7-11-16(15)20-17(22)23-18(2,3)4/h6-12,19H,5,13H2,1-4H3,(H,20,22). The van der Waals surface area contributed by atoms with Gasteiger partial charge < -0.3 is 14.6 Å². The van der Waals surface area contributed by atoms with E-state index in [4.69, 9.17) is 4.74 Å². The van der Waals surface area contributed by atoms with E-state index in [0.29, 0.717) is 12.2 Å². The summed E-state index contributed by atoms with van der Waals surface area (Å²) in [7, 11) is 0. The van der Waals surface area contributed by atoms with Gasteiger partial charge in [0.2, 0.25) is 0 Å². The molecule has 0 saturated heterocycles. The van der Waals surface area contributed by atoms with Crippen LogP contribution in [0.5, 0.6) is 0 Å². The van der Waals surface area contributed by atoms with E-state index in [-0.39, 0.29) is 0 Å². The molecule has 0 unspecified atom stereocenters. The first-order chi connectivity index (χ1) is 10.9. The monoisotopic (exact) mass is 315 g/mol. The number of amides is 1. The molecule has 0 atom stereocenters. The van der Waals surface area contributed by atoms with E-state index in [0.717, 1.165) is 12.2 Å². The van der Waals surface area contributed by atoms with Gasteiger partial charge in [0.25, 0.3) is 0 Å². The molecule has 2 N–H and O–H groups in total. The average Bonchev–Trinajstić information content (AvgIpc) is 2.91. The summed E-state index contributed by atoms with van der Waals surface area (Å²) in [4.78, 5) is 11.9. The number of benzene rings is 1. The number of nitrogens with zero attached hydrogens (tertiary/aromatic N) is 1. The number of aryl methyl sites for hydroxylation is 1. The third-order valence-corrected chi connectivity index (χ3v) is 3.29. The van der Waals surface area contributed by atoms with Gasteiger partial charge in [0.05, 0.1) is 17.9 Å². The van der Waals surface area contributed by atoms with Crippen LogP contribution in [0.1, 0.15) is 33.4 Å². The SMILES string of the molecule is CCn1cccc1CNc1ccccc1NC(=O)OC(C)(C)C. The third-order valence-electron chi connectivity index (χ3n) is 3.29. The molecular formula is C18H25N3O2. The molecule has 0 aliphatic carbocycles. The van der Waals surface area contributed by atoms with E-state index in [1.165, 1.54) is 5.69 Å². The van der Waals surface area contributed by atoms with Crippen LogP contribution < -0.4 is 10.6 Å². The van der Waals surface area contributed by atoms with E-state index in [1.54, 1.807) is 0 Å². The minimum atomic E-state index is -0.519. The number of rotatable bonds is 5. The Hall–Kier alpha value is -2.43. The summed E-state index contributed by atoms with van der Waals surface area (Å²) in [6, 6.07) is 11.7. The number of carbonyl (C=O) groups is 1. The maximum Gasteiger partial charge on any atom is 0.412 e. The van der Waals surface area contributed by atoms with Gasteiger partial charge in [0.1, 0.15) is 5.60 Å². The summed E-state index contributed by atoms with van der Waals surface area (Å²) in [6.07, 6.45) is 1.60. The Balaban J connectivity index is 2.04. The minimum Gasteiger partial charge on any atom is -0.444 e. The number of aromatic nitrogens is 1. The van der Waals surface area contributed by atoms with Crippen LogP contribution in [0.15, 0.2) is 42.6 Å². The van der Waals surface area contributed by atoms with Crippen molar-refractivity contribution in [3.63, 3.8) is 0 Å². The fourth-order valence-electron chi connectivity index (χ4n) is 2.26. The molecule has 5 nitrogen and oxygen atoms in total. The molecule has 0 radical (unpaired) electrons. The third kappa shape index (κ3) is 5.06. The second kappa shape index (κ2) is 7.22. The molecule has 0 spiro atoms. The smallest absolute Gasteiger partial charge is 0.412 e. The first kappa shape index (κ1) is 16.9. The van der Waals surface area contributed by atoms with Gasteiger partial charge in [-0.3, -0.25) is 5.32 Å². The van der Waals surface area contributed by atoms with Gasteiger partial charge in [-0.05, 0) is 52.0 Å². The number of anilines is 2. The first-order valence-corrected chi connectivity index (χ1v) is 7.86. The molecule has 1 aromatic heterocycles. The van der Waals surface area contributed by atoms with E-state index < -0.39 is 11.7 Å². The topological polar surface area (TPSA) is 55.3 Å². The van der Waals surface area contributed by atoms with Crippen LogP contribution in [0.25, 0.3) is 0 Å². The highest BCUT2D eigenvalue weighted by atomic mass is 16.6. The summed E-state index contributed by atoms with van der Waals surface area (Å²) < 4.78 is 7.48. The largest absolute Gasteiger partial charge is 0.444 e. The van der Waals surface area contributed by atoms with Crippen LogP contribution >= 0.6 is 0 Å². The molecule has 2 rings (SSSR count). The zero-order chi connectivity index (χ0) is 16.9. The van der Waals surface area contributed by atoms with Crippen molar-refractivity contribution in [2.75, 3.05) is 10.6 Å². The van der Waals surface area contributed by atoms with Crippen molar-refractivity contribution in [1.82, 2.24) is 4.57 Å². The van der Waals surface area contributed by atoms with Crippen LogP contribution in [-0.4, -0.2) is 16.3 Å². The quantitative estimate of drug-likeness (QED) is 0.856. The Labute approximate surface area is 137 Å². The number of ether oxygens (including phenoxy) is 1. The first-order valence-electron chi connectivity index (χ1n) is 7.86. The molecule has 124 valence electrons. The van der Waals surface area contributed by atoms with Crippen LogP contribution in [-0.2, 0) is 17.8 Å². The zero-order valence-corrected chi connectivity index (χ0v) is 14.2. The Kier molecular flexibility index (Phi) is 5.32. The lowest BCUT2D eigenvalue weighted by Crippen LogP contribution is -2.27. The summed E-state index contributed by atoms with van der Waals surface area (Å²) in [5.41, 5.74) is 2.24. The molecule has 2 aromatic rings. The number of hydrogen-bond acceptors (Lipinski definition) is 3. The maximum absolute atomic E-state index is 11.9. The molecule has 0 aliphatic heterocycles. The van der Waals surface area contributed by atoms with Gasteiger partial charge in [0.15, 0.2) is 0 Å². The molecule has 0 aliphatic rings. The lowest BCUT2D eigenvalue weighted by Gasteiger charge is -2.20. The van der Waals surface area contributed by atoms with Crippen LogP contribution in [0.3, 0.4) is 0 Å². The number of para-hydroxylation sites is 2. The van der Waals surface area contributed by atoms with E-state index in [2.05, 4.69) is 34.4 Å². The summed E-state index contributed by atoms with van der Waals surface area (Å²) in [5.74, 6) is 0. The van der Waals surface area contributed by atoms with Gasteiger partial charge in [-0.1, -0.05) is 12.1 Å². The highest BCUT2D eigenvalue weighted by molar-refractivity contribution is 5.89. The Bertz CT molecular complexity index is 656. The Morgan fingerprint density at radius 3 is 2.48 bits per heavy atom. The van der Waals surface area contributed by atoms with Gasteiger partial charge >= 0.3 is 6.09 Å². The molecule has 5 heteroatoms. The van der Waals surface area contributed by atoms with E-state index in [9.17, 15) is 4.79 Å². The minimum absolute atomic E-state index is 0.455. The molecular weight excluding hydrogens is 290 g/mol. The predicted octanol–water partition coefficient (Wildman–Crippen LogP) is 4.47. The summed E-state index contributed by atoms with van der Waals surface area (Å²) in [6.45, 7) is 9.26. The second-order valence-electron chi connectivity index (χ2n) is 6.31. The fraction of sp³-hybridized carbons (Fsp3) is 0.389. The van der Waals surface area contributed by atoms with Crippen molar-refractivity contribution in [3.05, 3.63) is 48.3 Å². The fourth-order valence-corrected chi connectivity index (χ4v) is 2.26. The van der Waals surface area contributed by atoms with E-state index in [1.807, 2.05) is 51.1 Å². The normalized spacial score (nSPS) is 11.1. The zero-order valence-electron chi connectivity index (χ0n) is 14.2. The Morgan fingerprint density at radius 1 is 1.13 bits per heavy atom. The van der Waals surface area contributed by atoms with Crippen molar-refractivity contribution in [2.24, 2.45) is 0 Å².